The minimum Gasteiger partial charge on any atom is -0.739 e. The molecular weight excluding hydrogens is 382 g/mol. The molecule has 0 bridgehead atoms. The Bertz CT molecular complexity index is 766. The molecule has 3 rings (SSSR count). The first-order chi connectivity index (χ1) is 11.5. The molecule has 2 heterocycles. The number of hydrogen-bond acceptors (Lipinski definition) is 7. The van der Waals surface area contributed by atoms with E-state index in [4.69, 9.17) is 4.74 Å². The molecule has 1 saturated heterocycles. The molecule has 2 aromatic rings. The molecule has 1 aromatic carbocycles. The summed E-state index contributed by atoms with van der Waals surface area (Å²) in [6.45, 7) is 1.65. The molecule has 128 valence electrons. The first-order valence-electron chi connectivity index (χ1n) is 7.51. The highest BCUT2D eigenvalue weighted by Gasteiger charge is 2.22. The van der Waals surface area contributed by atoms with Gasteiger partial charge in [0, 0.05) is 21.9 Å². The van der Waals surface area contributed by atoms with Crippen molar-refractivity contribution in [3.63, 3.8) is 0 Å². The molecule has 0 unspecified atom stereocenters. The fourth-order valence-corrected chi connectivity index (χ4v) is 2.82. The number of nitrogens with zero attached hydrogens (tertiary/aromatic N) is 3. The molecule has 10 heteroatoms. The summed E-state index contributed by atoms with van der Waals surface area (Å²) in [6.07, 6.45) is 0.788. The molecule has 0 amide bonds. The lowest BCUT2D eigenvalue weighted by Gasteiger charge is -2.11. The number of anilines is 1. The molecule has 1 aliphatic heterocycles. The van der Waals surface area contributed by atoms with Gasteiger partial charge in [0.25, 0.3) is 0 Å². The number of rotatable bonds is 5. The van der Waals surface area contributed by atoms with Gasteiger partial charge in [0.1, 0.15) is 6.10 Å². The number of carbonyl (C=O) groups is 1. The van der Waals surface area contributed by atoms with Crippen LogP contribution in [0.4, 0.5) is 5.95 Å². The number of ether oxygens (including phenoxy) is 1. The highest BCUT2D eigenvalue weighted by molar-refractivity contribution is 9.10. The lowest BCUT2D eigenvalue weighted by Crippen LogP contribution is -2.44. The maximum absolute atomic E-state index is 12.2. The first kappa shape index (κ1) is 16.7. The van der Waals surface area contributed by atoms with Gasteiger partial charge in [0.2, 0.25) is 5.10 Å². The van der Waals surface area contributed by atoms with E-state index >= 15 is 0 Å². The average Bonchev–Trinajstić information content (AvgIpc) is 3.05. The van der Waals surface area contributed by atoms with Crippen LogP contribution in [0.15, 0.2) is 22.7 Å². The van der Waals surface area contributed by atoms with Crippen molar-refractivity contribution < 1.29 is 19.1 Å². The standard InChI is InChI=1S/C14H16BrN5O4/c15-9-1-2-11-12(7-9)20(23)18-14(19(11)22)17-6-4-13(21)24-10-3-5-16-8-10/h1-2,7,10,16H,3-6,8H2,(H,17,18)/t10-/m0/s1. The number of aromatic nitrogens is 3. The number of halogens is 1. The predicted molar refractivity (Wildman–Crippen MR) is 87.8 cm³/mol. The fraction of sp³-hybridized carbons (Fsp3) is 0.429. The summed E-state index contributed by atoms with van der Waals surface area (Å²) in [5.74, 6) is -0.511. The van der Waals surface area contributed by atoms with Crippen molar-refractivity contribution in [2.24, 2.45) is 0 Å². The molecule has 1 aromatic heterocycles. The number of benzene rings is 1. The number of hydrogen-bond donors (Lipinski definition) is 2. The smallest absolute Gasteiger partial charge is 0.460 e. The van der Waals surface area contributed by atoms with E-state index < -0.39 is 0 Å². The van der Waals surface area contributed by atoms with Crippen molar-refractivity contribution in [3.8, 4) is 0 Å². The monoisotopic (exact) mass is 397 g/mol. The number of nitrogens with one attached hydrogen (secondary N) is 2. The van der Waals surface area contributed by atoms with Gasteiger partial charge in [-0.3, -0.25) is 10.1 Å². The molecule has 9 nitrogen and oxygen atoms in total. The third-order valence-corrected chi connectivity index (χ3v) is 4.16. The zero-order valence-electron chi connectivity index (χ0n) is 12.7. The van der Waals surface area contributed by atoms with E-state index in [9.17, 15) is 15.2 Å². The Morgan fingerprint density at radius 1 is 1.46 bits per heavy atom. The van der Waals surface area contributed by atoms with E-state index in [1.54, 1.807) is 6.07 Å². The van der Waals surface area contributed by atoms with Crippen LogP contribution in [-0.2, 0) is 9.53 Å². The average molecular weight is 398 g/mol. The second-order valence-electron chi connectivity index (χ2n) is 5.41. The second kappa shape index (κ2) is 7.14. The maximum atomic E-state index is 12.2. The van der Waals surface area contributed by atoms with Gasteiger partial charge in [-0.2, -0.15) is 0 Å². The van der Waals surface area contributed by atoms with Crippen molar-refractivity contribution in [1.82, 2.24) is 10.4 Å². The third-order valence-electron chi connectivity index (χ3n) is 3.67. The van der Waals surface area contributed by atoms with Crippen LogP contribution in [-0.4, -0.2) is 36.8 Å². The Kier molecular flexibility index (Phi) is 4.95. The molecule has 1 atom stereocenters. The highest BCUT2D eigenvalue weighted by Crippen LogP contribution is 2.14. The summed E-state index contributed by atoms with van der Waals surface area (Å²) >= 11 is 3.24. The number of fused-ring (bicyclic) bond motifs is 1. The largest absolute Gasteiger partial charge is 0.739 e. The molecule has 2 N–H and O–H groups in total. The van der Waals surface area contributed by atoms with Crippen molar-refractivity contribution in [2.45, 2.75) is 18.9 Å². The first-order valence-corrected chi connectivity index (χ1v) is 8.30. The molecule has 1 aliphatic rings. The van der Waals surface area contributed by atoms with Crippen LogP contribution in [0.1, 0.15) is 12.8 Å². The van der Waals surface area contributed by atoms with Crippen LogP contribution in [0.3, 0.4) is 0 Å². The second-order valence-corrected chi connectivity index (χ2v) is 6.32. The SMILES string of the molecule is O=C(CCNc1n[n+]([O-])c2cc(Br)ccc2[n+]1[O-])O[C@H]1CCNC1. The Morgan fingerprint density at radius 2 is 2.29 bits per heavy atom. The van der Waals surface area contributed by atoms with Crippen LogP contribution < -0.4 is 20.2 Å². The van der Waals surface area contributed by atoms with E-state index in [2.05, 4.69) is 31.7 Å². The highest BCUT2D eigenvalue weighted by atomic mass is 79.9. The summed E-state index contributed by atoms with van der Waals surface area (Å²) in [5.41, 5.74) is 0.336. The van der Waals surface area contributed by atoms with Crippen molar-refractivity contribution >= 4 is 38.9 Å². The molecule has 0 aliphatic carbocycles. The van der Waals surface area contributed by atoms with Crippen LogP contribution in [0.25, 0.3) is 11.0 Å². The van der Waals surface area contributed by atoms with Gasteiger partial charge in [-0.1, -0.05) is 15.9 Å². The van der Waals surface area contributed by atoms with Crippen LogP contribution >= 0.6 is 15.9 Å². The van der Waals surface area contributed by atoms with Gasteiger partial charge in [0.15, 0.2) is 5.52 Å². The van der Waals surface area contributed by atoms with Crippen molar-refractivity contribution in [1.29, 1.82) is 0 Å². The molecule has 0 spiro atoms. The predicted octanol–water partition coefficient (Wildman–Crippen LogP) is -0.0288. The molecule has 24 heavy (non-hydrogen) atoms. The van der Waals surface area contributed by atoms with E-state index in [-0.39, 0.29) is 42.0 Å². The molecule has 0 radical (unpaired) electrons. The van der Waals surface area contributed by atoms with E-state index in [0.29, 0.717) is 20.6 Å². The van der Waals surface area contributed by atoms with Gasteiger partial charge < -0.3 is 20.5 Å². The van der Waals surface area contributed by atoms with Crippen LogP contribution in [0, 0.1) is 10.4 Å². The Morgan fingerprint density at radius 3 is 3.04 bits per heavy atom. The quantitative estimate of drug-likeness (QED) is 0.413. The normalized spacial score (nSPS) is 17.1. The third kappa shape index (κ3) is 3.65. The van der Waals surface area contributed by atoms with Crippen molar-refractivity contribution in [2.75, 3.05) is 25.0 Å². The van der Waals surface area contributed by atoms with Crippen LogP contribution in [0.2, 0.25) is 0 Å². The minimum atomic E-state index is -0.353. The Balaban J connectivity index is 1.63. The Hall–Kier alpha value is -2.20. The molecule has 1 fully saturated rings. The summed E-state index contributed by atoms with van der Waals surface area (Å²) in [4.78, 5) is 12.1. The fourth-order valence-electron chi connectivity index (χ4n) is 2.47. The molecular formula is C14H16BrN5O4. The maximum Gasteiger partial charge on any atom is 0.460 e. The van der Waals surface area contributed by atoms with Gasteiger partial charge >= 0.3 is 17.4 Å². The van der Waals surface area contributed by atoms with E-state index in [1.807, 2.05) is 0 Å². The summed E-state index contributed by atoms with van der Waals surface area (Å²) in [6, 6.07) is 4.70. The summed E-state index contributed by atoms with van der Waals surface area (Å²) in [7, 11) is 0. The number of esters is 1. The molecule has 0 saturated carbocycles. The zero-order chi connectivity index (χ0) is 17.1. The van der Waals surface area contributed by atoms with Crippen molar-refractivity contribution in [3.05, 3.63) is 33.1 Å². The van der Waals surface area contributed by atoms with Gasteiger partial charge in [0.05, 0.1) is 13.0 Å². The van der Waals surface area contributed by atoms with E-state index in [1.165, 1.54) is 12.1 Å². The summed E-state index contributed by atoms with van der Waals surface area (Å²) in [5, 5.41) is 33.6. The number of carbonyl (C=O) groups excluding carboxylic acids is 1. The van der Waals surface area contributed by atoms with Crippen LogP contribution in [0.5, 0.6) is 0 Å². The topological polar surface area (TPSA) is 117 Å². The zero-order valence-corrected chi connectivity index (χ0v) is 14.3. The lowest BCUT2D eigenvalue weighted by molar-refractivity contribution is -0.672. The van der Waals surface area contributed by atoms with Gasteiger partial charge in [-0.05, 0) is 25.1 Å². The lowest BCUT2D eigenvalue weighted by atomic mass is 10.3. The van der Waals surface area contributed by atoms with Gasteiger partial charge in [-0.15, -0.1) is 0 Å². The van der Waals surface area contributed by atoms with Gasteiger partial charge in [-0.25, -0.2) is 4.73 Å². The van der Waals surface area contributed by atoms with E-state index in [0.717, 1.165) is 13.0 Å². The minimum absolute atomic E-state index is 0.0788. The Labute approximate surface area is 145 Å². The summed E-state index contributed by atoms with van der Waals surface area (Å²) < 4.78 is 6.47.